The lowest BCUT2D eigenvalue weighted by Crippen LogP contribution is -2.47. The number of ether oxygens (including phenoxy) is 3. The van der Waals surface area contributed by atoms with Crippen LogP contribution in [0, 0.1) is 11.3 Å². The first-order valence-corrected chi connectivity index (χ1v) is 11.9. The number of pyridine rings is 1. The second-order valence-corrected chi connectivity index (χ2v) is 9.02. The van der Waals surface area contributed by atoms with Gasteiger partial charge in [-0.05, 0) is 35.9 Å². The minimum Gasteiger partial charge on any atom is -0.495 e. The topological polar surface area (TPSA) is 96.7 Å². The highest BCUT2D eigenvalue weighted by atomic mass is 35.5. The molecule has 1 N–H and O–H groups in total. The number of fused-ring (bicyclic) bond motifs is 1. The standard InChI is InChI=1S/C26H25ClN4O4/c1-33-23-5-3-18(13-21(23)27)15-30-24-19-12-17(14-28)2-4-22(19)29-16-20(24)25(32)31-8-6-26(7-9-31)34-10-11-35-26/h2-5,12-13,16H,6-11,15H2,1H3,(H,29,30). The number of nitriles is 1. The second-order valence-electron chi connectivity index (χ2n) is 8.61. The maximum absolute atomic E-state index is 13.6. The zero-order chi connectivity index (χ0) is 24.4. The summed E-state index contributed by atoms with van der Waals surface area (Å²) in [4.78, 5) is 20.0. The van der Waals surface area contributed by atoms with Crippen LogP contribution in [0.25, 0.3) is 10.9 Å². The summed E-state index contributed by atoms with van der Waals surface area (Å²) in [5.41, 5.74) is 3.20. The maximum atomic E-state index is 13.6. The van der Waals surface area contributed by atoms with Gasteiger partial charge in [0.1, 0.15) is 5.75 Å². The molecular weight excluding hydrogens is 468 g/mol. The number of likely N-dealkylation sites (tertiary alicyclic amines) is 1. The third-order valence-corrected chi connectivity index (χ3v) is 6.83. The van der Waals surface area contributed by atoms with Crippen molar-refractivity contribution in [3.63, 3.8) is 0 Å². The van der Waals surface area contributed by atoms with Gasteiger partial charge in [0, 0.05) is 44.1 Å². The van der Waals surface area contributed by atoms with E-state index in [-0.39, 0.29) is 5.91 Å². The van der Waals surface area contributed by atoms with Gasteiger partial charge in [-0.2, -0.15) is 5.26 Å². The molecule has 1 aromatic heterocycles. The molecule has 1 amide bonds. The molecule has 35 heavy (non-hydrogen) atoms. The number of piperidine rings is 1. The minimum atomic E-state index is -0.561. The van der Waals surface area contributed by atoms with Crippen LogP contribution in [-0.4, -0.2) is 55.0 Å². The third-order valence-electron chi connectivity index (χ3n) is 6.54. The van der Waals surface area contributed by atoms with E-state index in [2.05, 4.69) is 16.4 Å². The lowest BCUT2D eigenvalue weighted by atomic mass is 10.0. The molecule has 0 bridgehead atoms. The fourth-order valence-corrected chi connectivity index (χ4v) is 4.91. The van der Waals surface area contributed by atoms with Crippen molar-refractivity contribution in [2.24, 2.45) is 0 Å². The Hall–Kier alpha value is -3.38. The summed E-state index contributed by atoms with van der Waals surface area (Å²) in [6, 6.07) is 13.0. The summed E-state index contributed by atoms with van der Waals surface area (Å²) >= 11 is 6.30. The van der Waals surface area contributed by atoms with Gasteiger partial charge in [0.25, 0.3) is 5.91 Å². The second kappa shape index (κ2) is 9.70. The Morgan fingerprint density at radius 1 is 1.23 bits per heavy atom. The van der Waals surface area contributed by atoms with Crippen LogP contribution < -0.4 is 10.1 Å². The Bertz CT molecular complexity index is 1310. The zero-order valence-corrected chi connectivity index (χ0v) is 20.1. The van der Waals surface area contributed by atoms with Crippen LogP contribution >= 0.6 is 11.6 Å². The van der Waals surface area contributed by atoms with Crippen molar-refractivity contribution in [3.05, 3.63) is 64.3 Å². The van der Waals surface area contributed by atoms with Crippen LogP contribution in [0.2, 0.25) is 5.02 Å². The van der Waals surface area contributed by atoms with E-state index < -0.39 is 5.79 Å². The SMILES string of the molecule is COc1ccc(CNc2c(C(=O)N3CCC4(CC3)OCCO4)cnc3ccc(C#N)cc23)cc1Cl. The Balaban J connectivity index is 1.46. The minimum absolute atomic E-state index is 0.120. The molecule has 1 spiro atoms. The van der Waals surface area contributed by atoms with Gasteiger partial charge in [0.2, 0.25) is 0 Å². The number of methoxy groups -OCH3 is 1. The highest BCUT2D eigenvalue weighted by Gasteiger charge is 2.41. The Morgan fingerprint density at radius 3 is 2.69 bits per heavy atom. The van der Waals surface area contributed by atoms with Crippen molar-refractivity contribution in [2.45, 2.75) is 25.2 Å². The smallest absolute Gasteiger partial charge is 0.257 e. The van der Waals surface area contributed by atoms with E-state index in [4.69, 9.17) is 25.8 Å². The number of hydrogen-bond acceptors (Lipinski definition) is 7. The normalized spacial score (nSPS) is 16.9. The lowest BCUT2D eigenvalue weighted by molar-refractivity contribution is -0.181. The number of benzene rings is 2. The highest BCUT2D eigenvalue weighted by molar-refractivity contribution is 6.32. The third kappa shape index (κ3) is 4.63. The molecule has 0 aliphatic carbocycles. The molecule has 2 aromatic carbocycles. The highest BCUT2D eigenvalue weighted by Crippen LogP contribution is 2.34. The number of amides is 1. The van der Waals surface area contributed by atoms with E-state index in [0.29, 0.717) is 84.2 Å². The first-order chi connectivity index (χ1) is 17.0. The number of carbonyl (C=O) groups excluding carboxylic acids is 1. The van der Waals surface area contributed by atoms with E-state index in [9.17, 15) is 10.1 Å². The molecule has 0 atom stereocenters. The van der Waals surface area contributed by atoms with Gasteiger partial charge < -0.3 is 24.4 Å². The van der Waals surface area contributed by atoms with Crippen molar-refractivity contribution in [1.82, 2.24) is 9.88 Å². The predicted octanol–water partition coefficient (Wildman–Crippen LogP) is 4.36. The molecule has 8 nitrogen and oxygen atoms in total. The fraction of sp³-hybridized carbons (Fsp3) is 0.346. The van der Waals surface area contributed by atoms with Crippen LogP contribution in [0.1, 0.15) is 34.3 Å². The molecule has 9 heteroatoms. The quantitative estimate of drug-likeness (QED) is 0.565. The van der Waals surface area contributed by atoms with Gasteiger partial charge in [0.15, 0.2) is 5.79 Å². The van der Waals surface area contributed by atoms with Gasteiger partial charge in [-0.15, -0.1) is 0 Å². The number of anilines is 1. The molecular formula is C26H25ClN4O4. The first kappa shape index (κ1) is 23.4. The number of carbonyl (C=O) groups is 1. The predicted molar refractivity (Wildman–Crippen MR) is 132 cm³/mol. The summed E-state index contributed by atoms with van der Waals surface area (Å²) in [5, 5.41) is 14.1. The first-order valence-electron chi connectivity index (χ1n) is 11.5. The van der Waals surface area contributed by atoms with Crippen LogP contribution in [0.4, 0.5) is 5.69 Å². The summed E-state index contributed by atoms with van der Waals surface area (Å²) in [6.07, 6.45) is 2.86. The average Bonchev–Trinajstić information content (AvgIpc) is 3.34. The van der Waals surface area contributed by atoms with E-state index in [1.54, 1.807) is 37.6 Å². The fourth-order valence-electron chi connectivity index (χ4n) is 4.63. The molecule has 180 valence electrons. The summed E-state index contributed by atoms with van der Waals surface area (Å²) < 4.78 is 16.8. The Labute approximate surface area is 208 Å². The number of halogens is 1. The molecule has 3 aromatic rings. The van der Waals surface area contributed by atoms with Gasteiger partial charge >= 0.3 is 0 Å². The lowest BCUT2D eigenvalue weighted by Gasteiger charge is -2.37. The number of nitrogens with zero attached hydrogens (tertiary/aromatic N) is 3. The zero-order valence-electron chi connectivity index (χ0n) is 19.3. The summed E-state index contributed by atoms with van der Waals surface area (Å²) in [6.45, 7) is 2.66. The van der Waals surface area contributed by atoms with Crippen molar-refractivity contribution in [1.29, 1.82) is 5.26 Å². The van der Waals surface area contributed by atoms with Gasteiger partial charge in [-0.3, -0.25) is 9.78 Å². The molecule has 0 saturated carbocycles. The average molecular weight is 493 g/mol. The maximum Gasteiger partial charge on any atom is 0.257 e. The van der Waals surface area contributed by atoms with Crippen LogP contribution in [0.3, 0.4) is 0 Å². The van der Waals surface area contributed by atoms with Crippen molar-refractivity contribution < 1.29 is 19.0 Å². The molecule has 2 aliphatic rings. The van der Waals surface area contributed by atoms with Crippen LogP contribution in [0.5, 0.6) is 5.75 Å². The molecule has 0 unspecified atom stereocenters. The molecule has 2 saturated heterocycles. The summed E-state index contributed by atoms with van der Waals surface area (Å²) in [7, 11) is 1.57. The summed E-state index contributed by atoms with van der Waals surface area (Å²) in [5.74, 6) is -0.0864. The van der Waals surface area contributed by atoms with Crippen LogP contribution in [0.15, 0.2) is 42.6 Å². The van der Waals surface area contributed by atoms with E-state index >= 15 is 0 Å². The number of nitrogens with one attached hydrogen (secondary N) is 1. The largest absolute Gasteiger partial charge is 0.495 e. The number of hydrogen-bond donors (Lipinski definition) is 1. The van der Waals surface area contributed by atoms with Crippen molar-refractivity contribution >= 4 is 34.1 Å². The molecule has 5 rings (SSSR count). The molecule has 2 aliphatic heterocycles. The van der Waals surface area contributed by atoms with E-state index in [0.717, 1.165) is 5.56 Å². The van der Waals surface area contributed by atoms with Gasteiger partial charge in [0.05, 0.1) is 53.7 Å². The van der Waals surface area contributed by atoms with Gasteiger partial charge in [-0.25, -0.2) is 0 Å². The van der Waals surface area contributed by atoms with E-state index in [1.165, 1.54) is 0 Å². The Morgan fingerprint density at radius 2 is 2.00 bits per heavy atom. The number of aromatic nitrogens is 1. The van der Waals surface area contributed by atoms with Crippen LogP contribution in [-0.2, 0) is 16.0 Å². The molecule has 0 radical (unpaired) electrons. The monoisotopic (exact) mass is 492 g/mol. The Kier molecular flexibility index (Phi) is 6.48. The number of rotatable bonds is 5. The van der Waals surface area contributed by atoms with E-state index in [1.807, 2.05) is 17.0 Å². The molecule has 3 heterocycles. The molecule has 2 fully saturated rings. The van der Waals surface area contributed by atoms with Crippen molar-refractivity contribution in [3.8, 4) is 11.8 Å². The van der Waals surface area contributed by atoms with Gasteiger partial charge in [-0.1, -0.05) is 17.7 Å². The van der Waals surface area contributed by atoms with Crippen molar-refractivity contribution in [2.75, 3.05) is 38.7 Å².